The highest BCUT2D eigenvalue weighted by Gasteiger charge is 2.17. The van der Waals surface area contributed by atoms with Gasteiger partial charge in [0, 0.05) is 0 Å². The van der Waals surface area contributed by atoms with Crippen LogP contribution in [0.4, 0.5) is 0 Å². The molecule has 1 unspecified atom stereocenters. The minimum absolute atomic E-state index is 0.00710. The number of aromatic hydroxyl groups is 1. The van der Waals surface area contributed by atoms with Gasteiger partial charge in [-0.15, -0.1) is 0 Å². The third kappa shape index (κ3) is 4.94. The third-order valence-corrected chi connectivity index (χ3v) is 4.00. The fourth-order valence-electron chi connectivity index (χ4n) is 1.67. The topological polar surface area (TPSA) is 150 Å². The van der Waals surface area contributed by atoms with E-state index < -0.39 is 22.4 Å². The van der Waals surface area contributed by atoms with Gasteiger partial charge in [-0.25, -0.2) is 15.3 Å². The highest BCUT2D eigenvalue weighted by molar-refractivity contribution is 8.00. The number of ether oxygens (including phenoxy) is 1. The first-order valence-electron chi connectivity index (χ1n) is 6.96. The number of H-pyrrole nitrogens is 2. The number of hydrogen-bond acceptors (Lipinski definition) is 8. The number of amides is 1. The van der Waals surface area contributed by atoms with Crippen molar-refractivity contribution in [3.63, 3.8) is 0 Å². The van der Waals surface area contributed by atoms with Crippen molar-refractivity contribution in [3.05, 3.63) is 44.6 Å². The van der Waals surface area contributed by atoms with Crippen LogP contribution in [0.15, 0.2) is 37.9 Å². The molecule has 0 saturated heterocycles. The Morgan fingerprint density at radius 3 is 2.92 bits per heavy atom. The Balaban J connectivity index is 1.97. The van der Waals surface area contributed by atoms with Crippen LogP contribution in [0.25, 0.3) is 0 Å². The molecular weight excluding hydrogens is 350 g/mol. The van der Waals surface area contributed by atoms with Crippen LogP contribution in [0.5, 0.6) is 11.5 Å². The number of aromatic nitrogens is 3. The molecule has 132 valence electrons. The predicted molar refractivity (Wildman–Crippen MR) is 91.2 cm³/mol. The Morgan fingerprint density at radius 2 is 2.24 bits per heavy atom. The summed E-state index contributed by atoms with van der Waals surface area (Å²) in [6, 6.07) is 4.58. The Kier molecular flexibility index (Phi) is 5.95. The number of thioether (sulfide) groups is 1. The molecule has 0 fully saturated rings. The molecule has 0 aliphatic carbocycles. The van der Waals surface area contributed by atoms with Crippen molar-refractivity contribution < 1.29 is 14.6 Å². The van der Waals surface area contributed by atoms with E-state index in [0.717, 1.165) is 11.8 Å². The summed E-state index contributed by atoms with van der Waals surface area (Å²) in [4.78, 5) is 36.4. The van der Waals surface area contributed by atoms with Gasteiger partial charge in [0.1, 0.15) is 0 Å². The number of hydrazone groups is 1. The van der Waals surface area contributed by atoms with Crippen molar-refractivity contribution in [3.8, 4) is 11.5 Å². The number of aromatic amines is 2. The number of nitrogens with zero attached hydrogens (tertiary/aromatic N) is 2. The van der Waals surface area contributed by atoms with Crippen LogP contribution in [-0.4, -0.2) is 44.8 Å². The second-order valence-electron chi connectivity index (χ2n) is 4.74. The van der Waals surface area contributed by atoms with E-state index in [0.29, 0.717) is 5.56 Å². The Labute approximate surface area is 145 Å². The summed E-state index contributed by atoms with van der Waals surface area (Å²) in [5.74, 6) is -0.186. The number of phenolic OH excluding ortho intramolecular Hbond substituents is 1. The average Bonchev–Trinajstić information content (AvgIpc) is 2.58. The zero-order valence-corrected chi connectivity index (χ0v) is 14.1. The lowest BCUT2D eigenvalue weighted by Gasteiger charge is -2.07. The van der Waals surface area contributed by atoms with E-state index in [1.54, 1.807) is 19.1 Å². The van der Waals surface area contributed by atoms with Gasteiger partial charge >= 0.3 is 5.69 Å². The average molecular weight is 365 g/mol. The molecule has 0 saturated carbocycles. The molecular formula is C14H15N5O5S. The van der Waals surface area contributed by atoms with Crippen molar-refractivity contribution in [1.82, 2.24) is 20.6 Å². The molecule has 4 N–H and O–H groups in total. The van der Waals surface area contributed by atoms with Gasteiger partial charge in [0.15, 0.2) is 16.5 Å². The summed E-state index contributed by atoms with van der Waals surface area (Å²) in [7, 11) is 1.42. The fourth-order valence-corrected chi connectivity index (χ4v) is 2.42. The summed E-state index contributed by atoms with van der Waals surface area (Å²) in [5.41, 5.74) is 1.54. The molecule has 0 bridgehead atoms. The lowest BCUT2D eigenvalue weighted by molar-refractivity contribution is -0.120. The van der Waals surface area contributed by atoms with E-state index >= 15 is 0 Å². The molecule has 11 heteroatoms. The molecule has 10 nitrogen and oxygen atoms in total. The molecule has 1 aromatic carbocycles. The second kappa shape index (κ2) is 8.15. The predicted octanol–water partition coefficient (Wildman–Crippen LogP) is -0.197. The SMILES string of the molecule is COc1cc(/C=N/NC(=O)C(C)Sc2n[nH]c(=O)[nH]c2=O)ccc1O. The van der Waals surface area contributed by atoms with Crippen molar-refractivity contribution in [2.24, 2.45) is 5.10 Å². The summed E-state index contributed by atoms with van der Waals surface area (Å²) >= 11 is 0.877. The fraction of sp³-hybridized carbons (Fsp3) is 0.214. The van der Waals surface area contributed by atoms with Crippen LogP contribution in [0, 0.1) is 0 Å². The molecule has 1 amide bonds. The van der Waals surface area contributed by atoms with Crippen LogP contribution in [0.2, 0.25) is 0 Å². The normalized spacial score (nSPS) is 12.1. The number of carbonyl (C=O) groups excluding carboxylic acids is 1. The van der Waals surface area contributed by atoms with E-state index in [-0.39, 0.29) is 16.5 Å². The number of benzene rings is 1. The summed E-state index contributed by atoms with van der Waals surface area (Å²) in [5, 5.41) is 18.3. The highest BCUT2D eigenvalue weighted by atomic mass is 32.2. The van der Waals surface area contributed by atoms with Crippen molar-refractivity contribution in [1.29, 1.82) is 0 Å². The van der Waals surface area contributed by atoms with Crippen LogP contribution < -0.4 is 21.4 Å². The van der Waals surface area contributed by atoms with E-state index in [4.69, 9.17) is 4.74 Å². The minimum Gasteiger partial charge on any atom is -0.504 e. The zero-order valence-electron chi connectivity index (χ0n) is 13.3. The first kappa shape index (κ1) is 18.3. The molecule has 1 aromatic heterocycles. The molecule has 25 heavy (non-hydrogen) atoms. The molecule has 0 aliphatic heterocycles. The highest BCUT2D eigenvalue weighted by Crippen LogP contribution is 2.25. The summed E-state index contributed by atoms with van der Waals surface area (Å²) < 4.78 is 4.97. The van der Waals surface area contributed by atoms with E-state index in [2.05, 4.69) is 20.7 Å². The van der Waals surface area contributed by atoms with E-state index in [1.165, 1.54) is 19.4 Å². The quantitative estimate of drug-likeness (QED) is 0.315. The van der Waals surface area contributed by atoms with Crippen molar-refractivity contribution in [2.75, 3.05) is 7.11 Å². The Hall–Kier alpha value is -3.08. The van der Waals surface area contributed by atoms with E-state index in [9.17, 15) is 19.5 Å². The first-order valence-corrected chi connectivity index (χ1v) is 7.84. The number of phenols is 1. The van der Waals surface area contributed by atoms with Gasteiger partial charge < -0.3 is 9.84 Å². The largest absolute Gasteiger partial charge is 0.504 e. The second-order valence-corrected chi connectivity index (χ2v) is 6.07. The molecule has 2 aromatic rings. The minimum atomic E-state index is -0.722. The van der Waals surface area contributed by atoms with Gasteiger partial charge in [-0.1, -0.05) is 11.8 Å². The first-order chi connectivity index (χ1) is 11.9. The van der Waals surface area contributed by atoms with Gasteiger partial charge in [0.2, 0.25) is 0 Å². The lowest BCUT2D eigenvalue weighted by atomic mass is 10.2. The number of hydrogen-bond donors (Lipinski definition) is 4. The monoisotopic (exact) mass is 365 g/mol. The Morgan fingerprint density at radius 1 is 1.48 bits per heavy atom. The van der Waals surface area contributed by atoms with Crippen LogP contribution in [-0.2, 0) is 4.79 Å². The number of methoxy groups -OCH3 is 1. The molecule has 0 spiro atoms. The zero-order chi connectivity index (χ0) is 18.4. The van der Waals surface area contributed by atoms with Gasteiger partial charge in [-0.2, -0.15) is 10.2 Å². The number of carbonyl (C=O) groups is 1. The van der Waals surface area contributed by atoms with Gasteiger partial charge in [-0.05, 0) is 30.7 Å². The van der Waals surface area contributed by atoms with E-state index in [1.807, 2.05) is 4.98 Å². The number of nitrogens with one attached hydrogen (secondary N) is 3. The molecule has 2 rings (SSSR count). The van der Waals surface area contributed by atoms with Crippen molar-refractivity contribution >= 4 is 23.9 Å². The summed E-state index contributed by atoms with van der Waals surface area (Å²) in [6.45, 7) is 1.56. The van der Waals surface area contributed by atoms with Gasteiger partial charge in [0.05, 0.1) is 18.6 Å². The lowest BCUT2D eigenvalue weighted by Crippen LogP contribution is -2.30. The Bertz CT molecular complexity index is 907. The summed E-state index contributed by atoms with van der Waals surface area (Å²) in [6.07, 6.45) is 1.38. The maximum atomic E-state index is 12.0. The molecule has 1 atom stereocenters. The third-order valence-electron chi connectivity index (χ3n) is 2.93. The van der Waals surface area contributed by atoms with Gasteiger partial charge in [-0.3, -0.25) is 14.6 Å². The van der Waals surface area contributed by atoms with Gasteiger partial charge in [0.25, 0.3) is 11.5 Å². The number of rotatable bonds is 6. The van der Waals surface area contributed by atoms with Crippen LogP contribution >= 0.6 is 11.8 Å². The molecule has 1 heterocycles. The van der Waals surface area contributed by atoms with Crippen molar-refractivity contribution in [2.45, 2.75) is 17.2 Å². The maximum Gasteiger partial charge on any atom is 0.342 e. The van der Waals surface area contributed by atoms with Crippen LogP contribution in [0.1, 0.15) is 12.5 Å². The molecule has 0 aliphatic rings. The molecule has 0 radical (unpaired) electrons. The van der Waals surface area contributed by atoms with Crippen LogP contribution in [0.3, 0.4) is 0 Å². The maximum absolute atomic E-state index is 12.0. The standard InChI is InChI=1S/C14H15N5O5S/c1-7(25-13-12(22)16-14(23)19-18-13)11(21)17-15-6-8-3-4-9(20)10(5-8)24-2/h3-7,20H,1-2H3,(H,17,21)(H2,16,19,22,23)/b15-6+. The smallest absolute Gasteiger partial charge is 0.342 e.